The summed E-state index contributed by atoms with van der Waals surface area (Å²) in [5.74, 6) is 0.0486. The molecule has 3 aromatic rings. The fourth-order valence-electron chi connectivity index (χ4n) is 4.99. The fourth-order valence-corrected chi connectivity index (χ4v) is 6.33. The van der Waals surface area contributed by atoms with Crippen molar-refractivity contribution < 1.29 is 14.3 Å². The molecule has 35 heavy (non-hydrogen) atoms. The second kappa shape index (κ2) is 10.8. The van der Waals surface area contributed by atoms with Crippen molar-refractivity contribution in [3.8, 4) is 0 Å². The lowest BCUT2D eigenvalue weighted by atomic mass is 9.72. The second-order valence-corrected chi connectivity index (χ2v) is 11.5. The Morgan fingerprint density at radius 2 is 1.63 bits per heavy atom. The van der Waals surface area contributed by atoms with Gasteiger partial charge in [-0.3, -0.25) is 4.79 Å². The molecule has 1 atom stereocenters. The lowest BCUT2D eigenvalue weighted by Gasteiger charge is -2.33. The van der Waals surface area contributed by atoms with Gasteiger partial charge in [0.25, 0.3) is 0 Å². The van der Waals surface area contributed by atoms with Crippen molar-refractivity contribution in [3.05, 3.63) is 87.8 Å². The highest BCUT2D eigenvalue weighted by Crippen LogP contribution is 2.44. The normalized spacial score (nSPS) is 15.5. The molecule has 0 aliphatic heterocycles. The fraction of sp³-hybridized carbons (Fsp3) is 0.400. The molecule has 0 saturated carbocycles. The van der Waals surface area contributed by atoms with E-state index in [1.54, 1.807) is 11.3 Å². The summed E-state index contributed by atoms with van der Waals surface area (Å²) in [4.78, 5) is 27.5. The highest BCUT2D eigenvalue weighted by Gasteiger charge is 2.34. The summed E-state index contributed by atoms with van der Waals surface area (Å²) in [6.07, 6.45) is 3.11. The molecule has 0 fully saturated rings. The highest BCUT2D eigenvalue weighted by atomic mass is 32.1. The zero-order chi connectivity index (χ0) is 25.0. The molecule has 1 aliphatic rings. The maximum Gasteiger partial charge on any atom is 0.341 e. The average Bonchev–Trinajstić information content (AvgIpc) is 3.20. The Kier molecular flexibility index (Phi) is 7.75. The first-order valence-electron chi connectivity index (χ1n) is 12.5. The number of benzene rings is 2. The molecule has 0 saturated heterocycles. The van der Waals surface area contributed by atoms with Gasteiger partial charge in [0.15, 0.2) is 0 Å². The van der Waals surface area contributed by atoms with Crippen LogP contribution in [0.3, 0.4) is 0 Å². The summed E-state index contributed by atoms with van der Waals surface area (Å²) in [5.41, 5.74) is 4.01. The zero-order valence-electron chi connectivity index (χ0n) is 21.1. The van der Waals surface area contributed by atoms with Crippen LogP contribution in [0.5, 0.6) is 0 Å². The molecule has 4 rings (SSSR count). The molecule has 5 heteroatoms. The number of nitrogens with one attached hydrogen (secondary N) is 1. The maximum atomic E-state index is 13.4. The molecule has 1 aromatic heterocycles. The topological polar surface area (TPSA) is 55.4 Å². The van der Waals surface area contributed by atoms with Gasteiger partial charge in [-0.15, -0.1) is 11.3 Å². The molecule has 0 spiro atoms. The van der Waals surface area contributed by atoms with Gasteiger partial charge in [-0.1, -0.05) is 81.4 Å². The second-order valence-electron chi connectivity index (χ2n) is 10.4. The number of carbonyl (C=O) groups excluding carboxylic acids is 2. The lowest BCUT2D eigenvalue weighted by molar-refractivity contribution is -0.116. The Labute approximate surface area is 212 Å². The van der Waals surface area contributed by atoms with Crippen molar-refractivity contribution in [1.82, 2.24) is 0 Å². The van der Waals surface area contributed by atoms with E-state index in [1.165, 1.54) is 4.88 Å². The molecule has 0 bridgehead atoms. The summed E-state index contributed by atoms with van der Waals surface area (Å²) < 4.78 is 5.40. The Morgan fingerprint density at radius 3 is 2.17 bits per heavy atom. The van der Waals surface area contributed by atoms with Gasteiger partial charge in [-0.05, 0) is 54.2 Å². The number of anilines is 1. The van der Waals surface area contributed by atoms with E-state index >= 15 is 0 Å². The van der Waals surface area contributed by atoms with E-state index in [0.29, 0.717) is 29.5 Å². The molecule has 184 valence electrons. The van der Waals surface area contributed by atoms with E-state index < -0.39 is 0 Å². The molecule has 1 heterocycles. The van der Waals surface area contributed by atoms with Crippen LogP contribution in [0.25, 0.3) is 0 Å². The quantitative estimate of drug-likeness (QED) is 0.356. The van der Waals surface area contributed by atoms with Crippen molar-refractivity contribution in [2.45, 2.75) is 59.3 Å². The maximum absolute atomic E-state index is 13.4. The van der Waals surface area contributed by atoms with E-state index in [0.717, 1.165) is 36.0 Å². The summed E-state index contributed by atoms with van der Waals surface area (Å²) in [7, 11) is 0. The van der Waals surface area contributed by atoms with Gasteiger partial charge in [0.1, 0.15) is 5.00 Å². The zero-order valence-corrected chi connectivity index (χ0v) is 21.9. The van der Waals surface area contributed by atoms with Crippen molar-refractivity contribution in [1.29, 1.82) is 0 Å². The number of amides is 1. The highest BCUT2D eigenvalue weighted by molar-refractivity contribution is 7.17. The third kappa shape index (κ3) is 5.84. The van der Waals surface area contributed by atoms with Gasteiger partial charge >= 0.3 is 5.97 Å². The number of rotatable bonds is 7. The number of hydrogen-bond donors (Lipinski definition) is 1. The third-order valence-electron chi connectivity index (χ3n) is 7.02. The first-order chi connectivity index (χ1) is 16.8. The molecule has 1 aliphatic carbocycles. The van der Waals surface area contributed by atoms with Gasteiger partial charge in [0.05, 0.1) is 12.2 Å². The summed E-state index contributed by atoms with van der Waals surface area (Å²) in [6, 6.07) is 20.2. The molecule has 1 N–H and O–H groups in total. The third-order valence-corrected chi connectivity index (χ3v) is 8.19. The molecular formula is C30H35NO3S. The van der Waals surface area contributed by atoms with E-state index in [4.69, 9.17) is 4.74 Å². The summed E-state index contributed by atoms with van der Waals surface area (Å²) >= 11 is 1.55. The Bertz CT molecular complexity index is 1120. The minimum atomic E-state index is -0.336. The monoisotopic (exact) mass is 489 g/mol. The van der Waals surface area contributed by atoms with Crippen molar-refractivity contribution in [3.63, 3.8) is 0 Å². The van der Waals surface area contributed by atoms with Crippen LogP contribution < -0.4 is 5.32 Å². The van der Waals surface area contributed by atoms with Crippen molar-refractivity contribution in [2.75, 3.05) is 11.9 Å². The van der Waals surface area contributed by atoms with Crippen molar-refractivity contribution >= 4 is 28.2 Å². The van der Waals surface area contributed by atoms with Crippen LogP contribution in [0.15, 0.2) is 60.7 Å². The van der Waals surface area contributed by atoms with E-state index in [2.05, 4.69) is 50.4 Å². The van der Waals surface area contributed by atoms with Gasteiger partial charge < -0.3 is 10.1 Å². The number of ether oxygens (including phenoxy) is 1. The Morgan fingerprint density at radius 1 is 1.03 bits per heavy atom. The summed E-state index contributed by atoms with van der Waals surface area (Å²) in [6.45, 7) is 8.95. The SMILES string of the molecule is CCOC(=O)c1c(NC(=O)CC(c2ccccc2)c2ccccc2)sc2c1CCC(C(C)(C)C)C2. The number of carbonyl (C=O) groups is 2. The first kappa shape index (κ1) is 25.2. The van der Waals surface area contributed by atoms with Crippen LogP contribution >= 0.6 is 11.3 Å². The molecule has 0 radical (unpaired) electrons. The van der Waals surface area contributed by atoms with E-state index in [1.807, 2.05) is 43.3 Å². The minimum absolute atomic E-state index is 0.0664. The van der Waals surface area contributed by atoms with Crippen molar-refractivity contribution in [2.24, 2.45) is 11.3 Å². The van der Waals surface area contributed by atoms with Gasteiger partial charge in [0, 0.05) is 17.2 Å². The predicted molar refractivity (Wildman–Crippen MR) is 143 cm³/mol. The Hall–Kier alpha value is -2.92. The van der Waals surface area contributed by atoms with Crippen LogP contribution in [-0.4, -0.2) is 18.5 Å². The molecule has 1 unspecified atom stereocenters. The smallest absolute Gasteiger partial charge is 0.341 e. The van der Waals surface area contributed by atoms with E-state index in [-0.39, 0.29) is 23.2 Å². The molecule has 1 amide bonds. The lowest BCUT2D eigenvalue weighted by Crippen LogP contribution is -2.26. The Balaban J connectivity index is 1.62. The predicted octanol–water partition coefficient (Wildman–Crippen LogP) is 7.24. The average molecular weight is 490 g/mol. The van der Waals surface area contributed by atoms with Gasteiger partial charge in [-0.25, -0.2) is 4.79 Å². The van der Waals surface area contributed by atoms with Crippen LogP contribution in [0, 0.1) is 11.3 Å². The van der Waals surface area contributed by atoms with Crippen LogP contribution in [-0.2, 0) is 22.4 Å². The molecule has 4 nitrogen and oxygen atoms in total. The number of hydrogen-bond acceptors (Lipinski definition) is 4. The first-order valence-corrected chi connectivity index (χ1v) is 13.3. The van der Waals surface area contributed by atoms with E-state index in [9.17, 15) is 9.59 Å². The minimum Gasteiger partial charge on any atom is -0.462 e. The standard InChI is InChI=1S/C30H35NO3S/c1-5-34-29(33)27-23-17-16-22(30(2,3)4)18-25(23)35-28(27)31-26(32)19-24(20-12-8-6-9-13-20)21-14-10-7-11-15-21/h6-15,22,24H,5,16-19H2,1-4H3,(H,31,32). The molecular weight excluding hydrogens is 454 g/mol. The number of thiophene rings is 1. The largest absolute Gasteiger partial charge is 0.462 e. The summed E-state index contributed by atoms with van der Waals surface area (Å²) in [5, 5.41) is 3.74. The van der Waals surface area contributed by atoms with Crippen LogP contribution in [0.2, 0.25) is 0 Å². The van der Waals surface area contributed by atoms with Gasteiger partial charge in [-0.2, -0.15) is 0 Å². The molecule has 2 aromatic carbocycles. The number of fused-ring (bicyclic) bond motifs is 1. The number of esters is 1. The van der Waals surface area contributed by atoms with Crippen LogP contribution in [0.4, 0.5) is 5.00 Å². The van der Waals surface area contributed by atoms with Crippen LogP contribution in [0.1, 0.15) is 78.4 Å². The van der Waals surface area contributed by atoms with Gasteiger partial charge in [0.2, 0.25) is 5.91 Å².